The van der Waals surface area contributed by atoms with E-state index in [1.807, 2.05) is 6.92 Å². The first kappa shape index (κ1) is 12.1. The third kappa shape index (κ3) is 3.06. The summed E-state index contributed by atoms with van der Waals surface area (Å²) in [5.74, 6) is 0.466. The number of nitrogens with zero attached hydrogens (tertiary/aromatic N) is 3. The Labute approximate surface area is 101 Å². The van der Waals surface area contributed by atoms with Crippen molar-refractivity contribution in [1.82, 2.24) is 14.5 Å². The van der Waals surface area contributed by atoms with E-state index in [1.165, 1.54) is 25.9 Å². The summed E-state index contributed by atoms with van der Waals surface area (Å²) in [5.41, 5.74) is -0.0311. The van der Waals surface area contributed by atoms with Gasteiger partial charge >= 0.3 is 0 Å². The predicted molar refractivity (Wildman–Crippen MR) is 68.3 cm³/mol. The van der Waals surface area contributed by atoms with E-state index in [1.54, 1.807) is 17.0 Å². The van der Waals surface area contributed by atoms with Gasteiger partial charge in [-0.1, -0.05) is 0 Å². The van der Waals surface area contributed by atoms with Crippen LogP contribution in [0.25, 0.3) is 0 Å². The number of aryl methyl sites for hydroxylation is 1. The number of aromatic nitrogens is 2. The lowest BCUT2D eigenvalue weighted by atomic mass is 10.4. The Morgan fingerprint density at radius 3 is 2.88 bits per heavy atom. The topological polar surface area (TPSA) is 50.2 Å². The molecule has 5 nitrogen and oxygen atoms in total. The summed E-state index contributed by atoms with van der Waals surface area (Å²) < 4.78 is 1.66. The number of anilines is 1. The van der Waals surface area contributed by atoms with E-state index < -0.39 is 0 Å². The van der Waals surface area contributed by atoms with Crippen molar-refractivity contribution >= 4 is 5.82 Å². The minimum atomic E-state index is -0.0311. The van der Waals surface area contributed by atoms with Crippen LogP contribution in [-0.2, 0) is 6.54 Å². The van der Waals surface area contributed by atoms with Gasteiger partial charge in [0.25, 0.3) is 5.56 Å². The Morgan fingerprint density at radius 2 is 2.18 bits per heavy atom. The molecule has 2 heterocycles. The van der Waals surface area contributed by atoms with E-state index in [2.05, 4.69) is 15.2 Å². The van der Waals surface area contributed by atoms with Crippen LogP contribution in [0.1, 0.15) is 19.8 Å². The van der Waals surface area contributed by atoms with Gasteiger partial charge in [-0.25, -0.2) is 4.98 Å². The Bertz CT molecular complexity index is 409. The van der Waals surface area contributed by atoms with Crippen molar-refractivity contribution in [2.75, 3.05) is 31.5 Å². The lowest BCUT2D eigenvalue weighted by Crippen LogP contribution is -2.29. The quantitative estimate of drug-likeness (QED) is 0.820. The summed E-state index contributed by atoms with van der Waals surface area (Å²) in [7, 11) is 0. The van der Waals surface area contributed by atoms with Gasteiger partial charge in [-0.3, -0.25) is 4.79 Å². The normalized spacial score (nSPS) is 16.3. The SMILES string of the molecule is CCn1ccnc(NCCN2CCCC2)c1=O. The van der Waals surface area contributed by atoms with Gasteiger partial charge in [0.15, 0.2) is 5.82 Å². The fraction of sp³-hybridized carbons (Fsp3) is 0.667. The van der Waals surface area contributed by atoms with Crippen molar-refractivity contribution < 1.29 is 0 Å². The molecule has 0 unspecified atom stereocenters. The number of likely N-dealkylation sites (tertiary alicyclic amines) is 1. The smallest absolute Gasteiger partial charge is 0.293 e. The van der Waals surface area contributed by atoms with Gasteiger partial charge in [0.2, 0.25) is 0 Å². The summed E-state index contributed by atoms with van der Waals surface area (Å²) >= 11 is 0. The van der Waals surface area contributed by atoms with Crippen molar-refractivity contribution in [2.45, 2.75) is 26.3 Å². The van der Waals surface area contributed by atoms with E-state index >= 15 is 0 Å². The molecule has 1 fully saturated rings. The van der Waals surface area contributed by atoms with Gasteiger partial charge in [0, 0.05) is 32.0 Å². The molecular formula is C12H20N4O. The highest BCUT2D eigenvalue weighted by Gasteiger charge is 2.10. The van der Waals surface area contributed by atoms with Crippen LogP contribution in [0, 0.1) is 0 Å². The van der Waals surface area contributed by atoms with Gasteiger partial charge < -0.3 is 14.8 Å². The molecule has 1 aliphatic rings. The van der Waals surface area contributed by atoms with E-state index in [0.29, 0.717) is 12.4 Å². The lowest BCUT2D eigenvalue weighted by Gasteiger charge is -2.14. The molecule has 5 heteroatoms. The maximum absolute atomic E-state index is 11.9. The molecule has 1 N–H and O–H groups in total. The van der Waals surface area contributed by atoms with Gasteiger partial charge in [0.1, 0.15) is 0 Å². The van der Waals surface area contributed by atoms with Crippen molar-refractivity contribution in [3.8, 4) is 0 Å². The van der Waals surface area contributed by atoms with Gasteiger partial charge in [-0.15, -0.1) is 0 Å². The summed E-state index contributed by atoms with van der Waals surface area (Å²) in [6.07, 6.45) is 5.98. The summed E-state index contributed by atoms with van der Waals surface area (Å²) in [6.45, 7) is 6.78. The molecule has 0 aliphatic carbocycles. The molecule has 0 spiro atoms. The Hall–Kier alpha value is -1.36. The molecule has 1 saturated heterocycles. The third-order valence-electron chi connectivity index (χ3n) is 3.17. The summed E-state index contributed by atoms with van der Waals surface area (Å²) in [4.78, 5) is 18.4. The molecule has 0 bridgehead atoms. The number of nitrogens with one attached hydrogen (secondary N) is 1. The Balaban J connectivity index is 1.88. The molecule has 0 atom stereocenters. The van der Waals surface area contributed by atoms with Crippen LogP contribution < -0.4 is 10.9 Å². The molecule has 0 radical (unpaired) electrons. The van der Waals surface area contributed by atoms with Gasteiger partial charge in [-0.05, 0) is 32.9 Å². The zero-order valence-corrected chi connectivity index (χ0v) is 10.4. The molecule has 0 aromatic carbocycles. The van der Waals surface area contributed by atoms with Crippen LogP contribution in [0.2, 0.25) is 0 Å². The first-order chi connectivity index (χ1) is 8.31. The summed E-state index contributed by atoms with van der Waals surface area (Å²) in [5, 5.41) is 3.13. The zero-order valence-electron chi connectivity index (χ0n) is 10.4. The van der Waals surface area contributed by atoms with Crippen LogP contribution in [0.4, 0.5) is 5.82 Å². The Morgan fingerprint density at radius 1 is 1.41 bits per heavy atom. The molecule has 1 aromatic heterocycles. The van der Waals surface area contributed by atoms with Crippen LogP contribution in [0.5, 0.6) is 0 Å². The van der Waals surface area contributed by atoms with Crippen molar-refractivity contribution in [3.05, 3.63) is 22.7 Å². The zero-order chi connectivity index (χ0) is 12.1. The first-order valence-corrected chi connectivity index (χ1v) is 6.33. The van der Waals surface area contributed by atoms with E-state index in [4.69, 9.17) is 0 Å². The van der Waals surface area contributed by atoms with E-state index in [9.17, 15) is 4.79 Å². The Kier molecular flexibility index (Phi) is 4.14. The number of rotatable bonds is 5. The van der Waals surface area contributed by atoms with E-state index in [0.717, 1.165) is 13.1 Å². The standard InChI is InChI=1S/C12H20N4O/c1-2-16-10-6-14-11(12(16)17)13-5-9-15-7-3-4-8-15/h6,10H,2-5,7-9H2,1H3,(H,13,14). The van der Waals surface area contributed by atoms with Crippen LogP contribution in [0.3, 0.4) is 0 Å². The number of hydrogen-bond donors (Lipinski definition) is 1. The second kappa shape index (κ2) is 5.82. The average Bonchev–Trinajstić information content (AvgIpc) is 2.84. The maximum atomic E-state index is 11.9. The van der Waals surface area contributed by atoms with Crippen molar-refractivity contribution in [3.63, 3.8) is 0 Å². The largest absolute Gasteiger partial charge is 0.364 e. The lowest BCUT2D eigenvalue weighted by molar-refractivity contribution is 0.352. The highest BCUT2D eigenvalue weighted by molar-refractivity contribution is 5.30. The second-order valence-corrected chi connectivity index (χ2v) is 4.34. The highest BCUT2D eigenvalue weighted by atomic mass is 16.1. The van der Waals surface area contributed by atoms with E-state index in [-0.39, 0.29) is 5.56 Å². The first-order valence-electron chi connectivity index (χ1n) is 6.33. The van der Waals surface area contributed by atoms with Gasteiger partial charge in [-0.2, -0.15) is 0 Å². The molecule has 17 heavy (non-hydrogen) atoms. The van der Waals surface area contributed by atoms with Crippen LogP contribution in [0.15, 0.2) is 17.2 Å². The van der Waals surface area contributed by atoms with Crippen LogP contribution >= 0.6 is 0 Å². The number of hydrogen-bond acceptors (Lipinski definition) is 4. The van der Waals surface area contributed by atoms with Crippen LogP contribution in [-0.4, -0.2) is 40.6 Å². The molecule has 2 rings (SSSR count). The monoisotopic (exact) mass is 236 g/mol. The second-order valence-electron chi connectivity index (χ2n) is 4.34. The molecule has 0 saturated carbocycles. The maximum Gasteiger partial charge on any atom is 0.293 e. The molecular weight excluding hydrogens is 216 g/mol. The predicted octanol–water partition coefficient (Wildman–Crippen LogP) is 0.771. The van der Waals surface area contributed by atoms with Crippen molar-refractivity contribution in [1.29, 1.82) is 0 Å². The third-order valence-corrected chi connectivity index (χ3v) is 3.17. The fourth-order valence-corrected chi connectivity index (χ4v) is 2.16. The molecule has 94 valence electrons. The van der Waals surface area contributed by atoms with Crippen molar-refractivity contribution in [2.24, 2.45) is 0 Å². The minimum absolute atomic E-state index is 0.0311. The average molecular weight is 236 g/mol. The summed E-state index contributed by atoms with van der Waals surface area (Å²) in [6, 6.07) is 0. The molecule has 1 aromatic rings. The fourth-order valence-electron chi connectivity index (χ4n) is 2.16. The molecule has 1 aliphatic heterocycles. The molecule has 0 amide bonds. The highest BCUT2D eigenvalue weighted by Crippen LogP contribution is 2.06. The van der Waals surface area contributed by atoms with Gasteiger partial charge in [0.05, 0.1) is 0 Å². The minimum Gasteiger partial charge on any atom is -0.364 e.